The van der Waals surface area contributed by atoms with Crippen molar-refractivity contribution in [2.45, 2.75) is 13.3 Å². The molecule has 0 saturated heterocycles. The van der Waals surface area contributed by atoms with Gasteiger partial charge in [0.2, 0.25) is 5.82 Å². The van der Waals surface area contributed by atoms with Crippen LogP contribution < -0.4 is 5.32 Å². The van der Waals surface area contributed by atoms with Crippen LogP contribution in [0.25, 0.3) is 11.4 Å². The lowest BCUT2D eigenvalue weighted by atomic mass is 10.1. The van der Waals surface area contributed by atoms with E-state index in [-0.39, 0.29) is 5.91 Å². The fourth-order valence-electron chi connectivity index (χ4n) is 2.06. The fourth-order valence-corrected chi connectivity index (χ4v) is 2.95. The molecule has 0 radical (unpaired) electrons. The number of anilines is 1. The third-order valence-electron chi connectivity index (χ3n) is 3.10. The highest BCUT2D eigenvalue weighted by Crippen LogP contribution is 2.26. The number of rotatable bonds is 4. The van der Waals surface area contributed by atoms with E-state index in [2.05, 4.69) is 25.9 Å². The lowest BCUT2D eigenvalue weighted by Crippen LogP contribution is -2.12. The number of tetrazole rings is 1. The molecule has 3 aromatic rings. The van der Waals surface area contributed by atoms with Crippen LogP contribution in [0.1, 0.15) is 22.2 Å². The normalized spacial score (nSPS) is 10.5. The highest BCUT2D eigenvalue weighted by Gasteiger charge is 2.15. The van der Waals surface area contributed by atoms with E-state index in [4.69, 9.17) is 0 Å². The van der Waals surface area contributed by atoms with Gasteiger partial charge in [0.05, 0.1) is 10.6 Å². The summed E-state index contributed by atoms with van der Waals surface area (Å²) in [5, 5.41) is 18.7. The Kier molecular flexibility index (Phi) is 3.74. The average molecular weight is 299 g/mol. The maximum atomic E-state index is 12.4. The number of amides is 1. The van der Waals surface area contributed by atoms with E-state index in [0.717, 1.165) is 22.4 Å². The fraction of sp³-hybridized carbons (Fsp3) is 0.143. The number of aryl methyl sites for hydroxylation is 1. The Hall–Kier alpha value is -2.54. The molecule has 0 aliphatic carbocycles. The van der Waals surface area contributed by atoms with Crippen LogP contribution in [0.15, 0.2) is 35.7 Å². The number of carbonyl (C=O) groups excluding carboxylic acids is 1. The summed E-state index contributed by atoms with van der Waals surface area (Å²) in [6.45, 7) is 2.03. The van der Waals surface area contributed by atoms with Gasteiger partial charge in [0.15, 0.2) is 0 Å². The van der Waals surface area contributed by atoms with Crippen LogP contribution >= 0.6 is 11.3 Å². The third-order valence-corrected chi connectivity index (χ3v) is 4.05. The standard InChI is InChI=1S/C14H13N5OS/c1-2-9-7-8-21-12(9)14(20)15-11-6-4-3-5-10(11)13-16-18-19-17-13/h3-8H,2H2,1H3,(H,15,20)(H,16,17,18,19). The van der Waals surface area contributed by atoms with Crippen molar-refractivity contribution in [2.75, 3.05) is 5.32 Å². The maximum Gasteiger partial charge on any atom is 0.266 e. The molecule has 6 nitrogen and oxygen atoms in total. The molecule has 0 saturated carbocycles. The number of nitrogens with zero attached hydrogens (tertiary/aromatic N) is 3. The topological polar surface area (TPSA) is 83.6 Å². The van der Waals surface area contributed by atoms with Crippen LogP contribution in [0.2, 0.25) is 0 Å². The molecule has 0 fully saturated rings. The predicted molar refractivity (Wildman–Crippen MR) is 81.3 cm³/mol. The summed E-state index contributed by atoms with van der Waals surface area (Å²) in [5.41, 5.74) is 2.45. The number of aromatic nitrogens is 4. The first kappa shape index (κ1) is 13.4. The zero-order valence-corrected chi connectivity index (χ0v) is 12.1. The maximum absolute atomic E-state index is 12.4. The number of benzene rings is 1. The number of hydrogen-bond donors (Lipinski definition) is 2. The van der Waals surface area contributed by atoms with Gasteiger partial charge in [-0.05, 0) is 40.8 Å². The van der Waals surface area contributed by atoms with Gasteiger partial charge >= 0.3 is 0 Å². The molecule has 1 amide bonds. The molecule has 7 heteroatoms. The van der Waals surface area contributed by atoms with Crippen LogP contribution in [0.5, 0.6) is 0 Å². The summed E-state index contributed by atoms with van der Waals surface area (Å²) < 4.78 is 0. The van der Waals surface area contributed by atoms with Crippen LogP contribution in [0.4, 0.5) is 5.69 Å². The molecule has 1 aromatic carbocycles. The van der Waals surface area contributed by atoms with Gasteiger partial charge in [-0.25, -0.2) is 0 Å². The molecule has 0 spiro atoms. The van der Waals surface area contributed by atoms with E-state index in [1.807, 2.05) is 42.6 Å². The second-order valence-corrected chi connectivity index (χ2v) is 5.28. The van der Waals surface area contributed by atoms with Crippen molar-refractivity contribution in [1.29, 1.82) is 0 Å². The molecular weight excluding hydrogens is 286 g/mol. The molecule has 21 heavy (non-hydrogen) atoms. The van der Waals surface area contributed by atoms with Gasteiger partial charge in [-0.1, -0.05) is 19.1 Å². The molecular formula is C14H13N5OS. The van der Waals surface area contributed by atoms with Crippen molar-refractivity contribution in [3.05, 3.63) is 46.2 Å². The third kappa shape index (κ3) is 2.68. The number of carbonyl (C=O) groups is 1. The number of aromatic amines is 1. The summed E-state index contributed by atoms with van der Waals surface area (Å²) in [7, 11) is 0. The smallest absolute Gasteiger partial charge is 0.266 e. The number of thiophene rings is 1. The highest BCUT2D eigenvalue weighted by atomic mass is 32.1. The molecule has 106 valence electrons. The van der Waals surface area contributed by atoms with Gasteiger partial charge in [0.1, 0.15) is 0 Å². The summed E-state index contributed by atoms with van der Waals surface area (Å²) in [4.78, 5) is 13.1. The summed E-state index contributed by atoms with van der Waals surface area (Å²) in [6.07, 6.45) is 0.832. The second kappa shape index (κ2) is 5.84. The summed E-state index contributed by atoms with van der Waals surface area (Å²) >= 11 is 1.44. The Bertz CT molecular complexity index is 750. The monoisotopic (exact) mass is 299 g/mol. The van der Waals surface area contributed by atoms with E-state index < -0.39 is 0 Å². The number of hydrogen-bond acceptors (Lipinski definition) is 5. The van der Waals surface area contributed by atoms with Gasteiger partial charge in [-0.2, -0.15) is 5.21 Å². The van der Waals surface area contributed by atoms with Crippen LogP contribution in [0.3, 0.4) is 0 Å². The largest absolute Gasteiger partial charge is 0.321 e. The van der Waals surface area contributed by atoms with Gasteiger partial charge < -0.3 is 5.32 Å². The molecule has 0 atom stereocenters. The molecule has 3 rings (SSSR count). The number of nitrogens with one attached hydrogen (secondary N) is 2. The Morgan fingerprint density at radius 3 is 2.95 bits per heavy atom. The molecule has 2 heterocycles. The Morgan fingerprint density at radius 1 is 1.33 bits per heavy atom. The van der Waals surface area contributed by atoms with Gasteiger partial charge in [0.25, 0.3) is 5.91 Å². The van der Waals surface area contributed by atoms with E-state index in [1.54, 1.807) is 0 Å². The van der Waals surface area contributed by atoms with Gasteiger partial charge in [-0.15, -0.1) is 21.5 Å². The first-order valence-electron chi connectivity index (χ1n) is 6.50. The van der Waals surface area contributed by atoms with E-state index in [0.29, 0.717) is 11.5 Å². The second-order valence-electron chi connectivity index (χ2n) is 4.36. The number of H-pyrrole nitrogens is 1. The van der Waals surface area contributed by atoms with Gasteiger partial charge in [0, 0.05) is 5.56 Å². The summed E-state index contributed by atoms with van der Waals surface area (Å²) in [6, 6.07) is 9.36. The Morgan fingerprint density at radius 2 is 2.19 bits per heavy atom. The van der Waals surface area contributed by atoms with Crippen molar-refractivity contribution in [1.82, 2.24) is 20.6 Å². The van der Waals surface area contributed by atoms with Crippen LogP contribution in [-0.2, 0) is 6.42 Å². The zero-order chi connectivity index (χ0) is 14.7. The van der Waals surface area contributed by atoms with E-state index in [1.165, 1.54) is 11.3 Å². The van der Waals surface area contributed by atoms with E-state index >= 15 is 0 Å². The van der Waals surface area contributed by atoms with E-state index in [9.17, 15) is 4.79 Å². The number of para-hydroxylation sites is 1. The van der Waals surface area contributed by atoms with Crippen molar-refractivity contribution in [3.8, 4) is 11.4 Å². The van der Waals surface area contributed by atoms with Crippen molar-refractivity contribution in [3.63, 3.8) is 0 Å². The minimum atomic E-state index is -0.113. The zero-order valence-electron chi connectivity index (χ0n) is 11.3. The first-order valence-corrected chi connectivity index (χ1v) is 7.38. The lowest BCUT2D eigenvalue weighted by molar-refractivity contribution is 0.103. The van der Waals surface area contributed by atoms with Crippen molar-refractivity contribution in [2.24, 2.45) is 0 Å². The molecule has 0 aliphatic rings. The SMILES string of the molecule is CCc1ccsc1C(=O)Nc1ccccc1-c1nn[nH]n1. The molecule has 0 aliphatic heterocycles. The molecule has 0 unspecified atom stereocenters. The molecule has 2 aromatic heterocycles. The first-order chi connectivity index (χ1) is 10.3. The van der Waals surface area contributed by atoms with Crippen molar-refractivity contribution >= 4 is 22.9 Å². The highest BCUT2D eigenvalue weighted by molar-refractivity contribution is 7.12. The predicted octanol–water partition coefficient (Wildman–Crippen LogP) is 2.74. The minimum absolute atomic E-state index is 0.113. The quantitative estimate of drug-likeness (QED) is 0.776. The van der Waals surface area contributed by atoms with Crippen LogP contribution in [-0.4, -0.2) is 26.5 Å². The Labute approximate surface area is 125 Å². The Balaban J connectivity index is 1.91. The van der Waals surface area contributed by atoms with Crippen molar-refractivity contribution < 1.29 is 4.79 Å². The summed E-state index contributed by atoms with van der Waals surface area (Å²) in [5.74, 6) is 0.339. The average Bonchev–Trinajstić information content (AvgIpc) is 3.19. The van der Waals surface area contributed by atoms with Crippen LogP contribution in [0, 0.1) is 0 Å². The lowest BCUT2D eigenvalue weighted by Gasteiger charge is -2.08. The minimum Gasteiger partial charge on any atom is -0.321 e. The van der Waals surface area contributed by atoms with Gasteiger partial charge in [-0.3, -0.25) is 4.79 Å². The molecule has 0 bridgehead atoms. The molecule has 2 N–H and O–H groups in total.